The molecule has 28 heavy (non-hydrogen) atoms. The van der Waals surface area contributed by atoms with E-state index in [0.29, 0.717) is 33.2 Å². The van der Waals surface area contributed by atoms with Crippen molar-refractivity contribution in [1.82, 2.24) is 5.32 Å². The second-order valence-electron chi connectivity index (χ2n) is 6.33. The van der Waals surface area contributed by atoms with Crippen LogP contribution in [0.1, 0.15) is 23.1 Å². The highest BCUT2D eigenvalue weighted by molar-refractivity contribution is 8.26. The molecule has 0 aliphatic carbocycles. The second kappa shape index (κ2) is 9.45. The van der Waals surface area contributed by atoms with Gasteiger partial charge in [-0.1, -0.05) is 41.6 Å². The van der Waals surface area contributed by atoms with Crippen molar-refractivity contribution in [2.75, 3.05) is 13.2 Å². The van der Waals surface area contributed by atoms with Crippen molar-refractivity contribution < 1.29 is 14.3 Å². The van der Waals surface area contributed by atoms with E-state index < -0.39 is 0 Å². The van der Waals surface area contributed by atoms with Gasteiger partial charge >= 0.3 is 0 Å². The van der Waals surface area contributed by atoms with E-state index in [0.717, 1.165) is 17.7 Å². The van der Waals surface area contributed by atoms with Gasteiger partial charge in [0.05, 0.1) is 18.1 Å². The standard InChI is InChI=1S/C21H20ClNO3S2/c1-13-4-6-17(10-14(13)2)25-8-3-9-26-18-7-5-16(22)11-15(18)12-19-20(24)23-21(27)28-19/h4-7,10-12H,3,8-9H2,1-2H3,(H,23,24,27)/b19-12-. The Bertz CT molecular complexity index is 943. The van der Waals surface area contributed by atoms with Crippen LogP contribution in [0, 0.1) is 13.8 Å². The minimum Gasteiger partial charge on any atom is -0.493 e. The number of amides is 1. The number of halogens is 1. The first-order valence-electron chi connectivity index (χ1n) is 8.79. The maximum atomic E-state index is 11.9. The lowest BCUT2D eigenvalue weighted by molar-refractivity contribution is -0.115. The van der Waals surface area contributed by atoms with Gasteiger partial charge in [-0.05, 0) is 61.4 Å². The molecule has 2 aromatic carbocycles. The first-order chi connectivity index (χ1) is 13.4. The van der Waals surface area contributed by atoms with Crippen molar-refractivity contribution in [3.05, 3.63) is 63.0 Å². The summed E-state index contributed by atoms with van der Waals surface area (Å²) < 4.78 is 12.1. The molecule has 0 saturated carbocycles. The highest BCUT2D eigenvalue weighted by atomic mass is 35.5. The lowest BCUT2D eigenvalue weighted by Crippen LogP contribution is -2.17. The third-order valence-corrected chi connectivity index (χ3v) is 5.59. The minimum absolute atomic E-state index is 0.206. The topological polar surface area (TPSA) is 47.6 Å². The van der Waals surface area contributed by atoms with Crippen LogP contribution in [0.5, 0.6) is 11.5 Å². The van der Waals surface area contributed by atoms with E-state index in [9.17, 15) is 4.79 Å². The number of thioether (sulfide) groups is 1. The van der Waals surface area contributed by atoms with Gasteiger partial charge in [0, 0.05) is 17.0 Å². The van der Waals surface area contributed by atoms with E-state index in [4.69, 9.17) is 33.3 Å². The Morgan fingerprint density at radius 3 is 2.61 bits per heavy atom. The average Bonchev–Trinajstić information content (AvgIpc) is 2.96. The molecular weight excluding hydrogens is 414 g/mol. The number of rotatable bonds is 7. The summed E-state index contributed by atoms with van der Waals surface area (Å²) in [6.07, 6.45) is 2.47. The Morgan fingerprint density at radius 1 is 1.11 bits per heavy atom. The highest BCUT2D eigenvalue weighted by Gasteiger charge is 2.22. The quantitative estimate of drug-likeness (QED) is 0.365. The zero-order chi connectivity index (χ0) is 20.1. The van der Waals surface area contributed by atoms with E-state index in [1.807, 2.05) is 12.1 Å². The summed E-state index contributed by atoms with van der Waals surface area (Å²) in [7, 11) is 0. The first kappa shape index (κ1) is 20.7. The van der Waals surface area contributed by atoms with Gasteiger partial charge < -0.3 is 14.8 Å². The van der Waals surface area contributed by atoms with E-state index in [2.05, 4.69) is 25.2 Å². The summed E-state index contributed by atoms with van der Waals surface area (Å²) in [5.41, 5.74) is 3.20. The SMILES string of the molecule is Cc1ccc(OCCCOc2ccc(Cl)cc2/C=C2\SC(=S)NC2=O)cc1C. The molecule has 4 nitrogen and oxygen atoms in total. The number of carbonyl (C=O) groups is 1. The van der Waals surface area contributed by atoms with Gasteiger partial charge in [-0.25, -0.2) is 0 Å². The Balaban J connectivity index is 1.57. The van der Waals surface area contributed by atoms with Crippen molar-refractivity contribution >= 4 is 51.9 Å². The number of ether oxygens (including phenoxy) is 2. The molecule has 1 aliphatic rings. The van der Waals surface area contributed by atoms with Crippen molar-refractivity contribution in [1.29, 1.82) is 0 Å². The monoisotopic (exact) mass is 433 g/mol. The zero-order valence-electron chi connectivity index (χ0n) is 15.6. The van der Waals surface area contributed by atoms with Crippen LogP contribution in [-0.4, -0.2) is 23.4 Å². The smallest absolute Gasteiger partial charge is 0.263 e. The van der Waals surface area contributed by atoms with Crippen molar-refractivity contribution in [2.24, 2.45) is 0 Å². The normalized spacial score (nSPS) is 15.0. The van der Waals surface area contributed by atoms with Crippen LogP contribution in [0.3, 0.4) is 0 Å². The molecule has 1 saturated heterocycles. The van der Waals surface area contributed by atoms with Crippen LogP contribution in [0.25, 0.3) is 6.08 Å². The number of nitrogens with one attached hydrogen (secondary N) is 1. The molecule has 0 bridgehead atoms. The van der Waals surface area contributed by atoms with Crippen LogP contribution in [-0.2, 0) is 4.79 Å². The fourth-order valence-corrected chi connectivity index (χ4v) is 3.78. The van der Waals surface area contributed by atoms with Crippen LogP contribution >= 0.6 is 35.6 Å². The predicted octanol–water partition coefficient (Wildman–Crippen LogP) is 5.29. The Kier molecular flexibility index (Phi) is 6.99. The summed E-state index contributed by atoms with van der Waals surface area (Å²) in [4.78, 5) is 12.4. The third-order valence-electron chi connectivity index (χ3n) is 4.19. The molecule has 0 spiro atoms. The summed E-state index contributed by atoms with van der Waals surface area (Å²) >= 11 is 12.4. The van der Waals surface area contributed by atoms with E-state index in [1.165, 1.54) is 22.9 Å². The second-order valence-corrected chi connectivity index (χ2v) is 8.49. The van der Waals surface area contributed by atoms with Gasteiger partial charge in [0.2, 0.25) is 0 Å². The van der Waals surface area contributed by atoms with Gasteiger partial charge in [0.1, 0.15) is 15.8 Å². The molecule has 1 heterocycles. The number of hydrogen-bond acceptors (Lipinski definition) is 5. The predicted molar refractivity (Wildman–Crippen MR) is 119 cm³/mol. The summed E-state index contributed by atoms with van der Waals surface area (Å²) in [5, 5.41) is 3.17. The lowest BCUT2D eigenvalue weighted by atomic mass is 10.1. The molecule has 146 valence electrons. The summed E-state index contributed by atoms with van der Waals surface area (Å²) in [6.45, 7) is 5.18. The van der Waals surface area contributed by atoms with Crippen LogP contribution in [0.15, 0.2) is 41.3 Å². The highest BCUT2D eigenvalue weighted by Crippen LogP contribution is 2.31. The fraction of sp³-hybridized carbons (Fsp3) is 0.238. The summed E-state index contributed by atoms with van der Waals surface area (Å²) in [6, 6.07) is 11.4. The molecule has 0 atom stereocenters. The average molecular weight is 434 g/mol. The number of benzene rings is 2. The largest absolute Gasteiger partial charge is 0.493 e. The number of hydrogen-bond donors (Lipinski definition) is 1. The van der Waals surface area contributed by atoms with Gasteiger partial charge in [-0.15, -0.1) is 0 Å². The Morgan fingerprint density at radius 2 is 1.89 bits per heavy atom. The summed E-state index contributed by atoms with van der Waals surface area (Å²) in [5.74, 6) is 1.32. The third kappa shape index (κ3) is 5.50. The zero-order valence-corrected chi connectivity index (χ0v) is 18.0. The molecule has 3 rings (SSSR count). The van der Waals surface area contributed by atoms with Gasteiger partial charge in [0.15, 0.2) is 0 Å². The molecule has 0 radical (unpaired) electrons. The van der Waals surface area contributed by atoms with Crippen molar-refractivity contribution in [2.45, 2.75) is 20.3 Å². The van der Waals surface area contributed by atoms with E-state index in [1.54, 1.807) is 24.3 Å². The molecule has 2 aromatic rings. The molecule has 7 heteroatoms. The van der Waals surface area contributed by atoms with Crippen LogP contribution < -0.4 is 14.8 Å². The lowest BCUT2D eigenvalue weighted by Gasteiger charge is -2.11. The molecule has 1 fully saturated rings. The molecular formula is C21H20ClNO3S2. The number of carbonyl (C=O) groups excluding carboxylic acids is 1. The molecule has 0 aromatic heterocycles. The minimum atomic E-state index is -0.206. The fourth-order valence-electron chi connectivity index (χ4n) is 2.56. The van der Waals surface area contributed by atoms with E-state index in [-0.39, 0.29) is 5.91 Å². The Labute approximate surface area is 179 Å². The van der Waals surface area contributed by atoms with Crippen molar-refractivity contribution in [3.63, 3.8) is 0 Å². The molecule has 1 N–H and O–H groups in total. The number of thiocarbonyl (C=S) groups is 1. The van der Waals surface area contributed by atoms with E-state index >= 15 is 0 Å². The Hall–Kier alpha value is -2.02. The maximum absolute atomic E-state index is 11.9. The van der Waals surface area contributed by atoms with Crippen LogP contribution in [0.2, 0.25) is 5.02 Å². The first-order valence-corrected chi connectivity index (χ1v) is 10.4. The van der Waals surface area contributed by atoms with Crippen molar-refractivity contribution in [3.8, 4) is 11.5 Å². The maximum Gasteiger partial charge on any atom is 0.263 e. The molecule has 0 unspecified atom stereocenters. The molecule has 1 amide bonds. The van der Waals surface area contributed by atoms with Gasteiger partial charge in [-0.2, -0.15) is 0 Å². The number of aryl methyl sites for hydroxylation is 2. The molecule has 1 aliphatic heterocycles. The van der Waals surface area contributed by atoms with Gasteiger partial charge in [-0.3, -0.25) is 4.79 Å². The van der Waals surface area contributed by atoms with Gasteiger partial charge in [0.25, 0.3) is 5.91 Å². The van der Waals surface area contributed by atoms with Crippen LogP contribution in [0.4, 0.5) is 0 Å².